The molecule has 1 N–H and O–H groups in total. The number of nitrogens with zero attached hydrogens (tertiary/aromatic N) is 1. The van der Waals surface area contributed by atoms with E-state index in [-0.39, 0.29) is 12.2 Å². The lowest BCUT2D eigenvalue weighted by atomic mass is 10.0. The highest BCUT2D eigenvalue weighted by Crippen LogP contribution is 2.21. The van der Waals surface area contributed by atoms with Crippen LogP contribution in [0.5, 0.6) is 0 Å². The standard InChI is InChI=1S/C13H26N2O3/c1-4-14-11-9-18-8-10(11)5-15-6-12(16-2)13(7-15)17-3/h10-14H,4-9H2,1-3H3. The fourth-order valence-corrected chi connectivity index (χ4v) is 3.02. The lowest BCUT2D eigenvalue weighted by Crippen LogP contribution is -2.41. The van der Waals surface area contributed by atoms with Gasteiger partial charge < -0.3 is 19.5 Å². The molecule has 106 valence electrons. The second-order valence-electron chi connectivity index (χ2n) is 5.23. The normalized spacial score (nSPS) is 37.5. The molecule has 0 aromatic heterocycles. The molecule has 18 heavy (non-hydrogen) atoms. The molecule has 2 fully saturated rings. The number of hydrogen-bond donors (Lipinski definition) is 1. The Bertz CT molecular complexity index is 240. The van der Waals surface area contributed by atoms with Gasteiger partial charge in [-0.1, -0.05) is 6.92 Å². The van der Waals surface area contributed by atoms with Gasteiger partial charge in [0.15, 0.2) is 0 Å². The molecule has 0 radical (unpaired) electrons. The Morgan fingerprint density at radius 1 is 1.17 bits per heavy atom. The van der Waals surface area contributed by atoms with Gasteiger partial charge in [0.05, 0.1) is 25.4 Å². The van der Waals surface area contributed by atoms with E-state index in [0.717, 1.165) is 39.4 Å². The second kappa shape index (κ2) is 6.82. The smallest absolute Gasteiger partial charge is 0.0971 e. The molecule has 0 aromatic carbocycles. The Morgan fingerprint density at radius 3 is 2.39 bits per heavy atom. The van der Waals surface area contributed by atoms with Crippen molar-refractivity contribution in [2.24, 2.45) is 5.92 Å². The Kier molecular flexibility index (Phi) is 5.38. The van der Waals surface area contributed by atoms with E-state index in [1.54, 1.807) is 14.2 Å². The van der Waals surface area contributed by atoms with E-state index in [9.17, 15) is 0 Å². The second-order valence-corrected chi connectivity index (χ2v) is 5.23. The van der Waals surface area contributed by atoms with Crippen LogP contribution in [0, 0.1) is 5.92 Å². The first kappa shape index (κ1) is 14.2. The summed E-state index contributed by atoms with van der Waals surface area (Å²) in [4.78, 5) is 2.44. The van der Waals surface area contributed by atoms with E-state index in [0.29, 0.717) is 12.0 Å². The molecule has 0 aliphatic carbocycles. The van der Waals surface area contributed by atoms with Gasteiger partial charge in [0.1, 0.15) is 0 Å². The van der Waals surface area contributed by atoms with Gasteiger partial charge in [0, 0.05) is 45.8 Å². The topological polar surface area (TPSA) is 43.0 Å². The molecule has 0 saturated carbocycles. The predicted octanol–water partition coefficient (Wildman–Crippen LogP) is -0.0435. The van der Waals surface area contributed by atoms with Gasteiger partial charge in [-0.15, -0.1) is 0 Å². The minimum Gasteiger partial charge on any atom is -0.379 e. The largest absolute Gasteiger partial charge is 0.379 e. The molecule has 4 atom stereocenters. The molecule has 2 saturated heterocycles. The van der Waals surface area contributed by atoms with Gasteiger partial charge in [-0.05, 0) is 6.54 Å². The van der Waals surface area contributed by atoms with Crippen molar-refractivity contribution in [3.63, 3.8) is 0 Å². The summed E-state index contributed by atoms with van der Waals surface area (Å²) < 4.78 is 16.5. The highest BCUT2D eigenvalue weighted by Gasteiger charge is 2.36. The fourth-order valence-electron chi connectivity index (χ4n) is 3.02. The van der Waals surface area contributed by atoms with Gasteiger partial charge >= 0.3 is 0 Å². The zero-order valence-corrected chi connectivity index (χ0v) is 11.7. The Balaban J connectivity index is 1.83. The summed E-state index contributed by atoms with van der Waals surface area (Å²) in [5.74, 6) is 0.582. The highest BCUT2D eigenvalue weighted by molar-refractivity contribution is 4.90. The number of nitrogens with one attached hydrogen (secondary N) is 1. The van der Waals surface area contributed by atoms with E-state index in [2.05, 4.69) is 17.1 Å². The number of likely N-dealkylation sites (tertiary alicyclic amines) is 1. The molecule has 0 aromatic rings. The Labute approximate surface area is 110 Å². The zero-order chi connectivity index (χ0) is 13.0. The predicted molar refractivity (Wildman–Crippen MR) is 69.8 cm³/mol. The molecule has 2 aliphatic heterocycles. The van der Waals surface area contributed by atoms with Crippen LogP contribution in [0.15, 0.2) is 0 Å². The van der Waals surface area contributed by atoms with Crippen LogP contribution in [-0.2, 0) is 14.2 Å². The van der Waals surface area contributed by atoms with Crippen LogP contribution < -0.4 is 5.32 Å². The first-order chi connectivity index (χ1) is 8.78. The number of hydrogen-bond acceptors (Lipinski definition) is 5. The van der Waals surface area contributed by atoms with Crippen LogP contribution >= 0.6 is 0 Å². The molecule has 4 unspecified atom stereocenters. The summed E-state index contributed by atoms with van der Waals surface area (Å²) in [5.41, 5.74) is 0. The number of rotatable bonds is 6. The van der Waals surface area contributed by atoms with E-state index in [1.807, 2.05) is 0 Å². The Morgan fingerprint density at radius 2 is 1.83 bits per heavy atom. The van der Waals surface area contributed by atoms with Crippen molar-refractivity contribution in [2.75, 3.05) is 53.6 Å². The van der Waals surface area contributed by atoms with E-state index in [1.165, 1.54) is 0 Å². The maximum Gasteiger partial charge on any atom is 0.0971 e. The lowest BCUT2D eigenvalue weighted by Gasteiger charge is -2.24. The average Bonchev–Trinajstić information content (AvgIpc) is 2.97. The van der Waals surface area contributed by atoms with Crippen molar-refractivity contribution in [2.45, 2.75) is 25.2 Å². The average molecular weight is 258 g/mol. The van der Waals surface area contributed by atoms with Crippen LogP contribution in [0.3, 0.4) is 0 Å². The summed E-state index contributed by atoms with van der Waals surface area (Å²) in [7, 11) is 3.53. The van der Waals surface area contributed by atoms with Crippen molar-refractivity contribution < 1.29 is 14.2 Å². The molecule has 5 nitrogen and oxygen atoms in total. The first-order valence-corrected chi connectivity index (χ1v) is 6.87. The van der Waals surface area contributed by atoms with Gasteiger partial charge in [0.2, 0.25) is 0 Å². The summed E-state index contributed by atoms with van der Waals surface area (Å²) in [5, 5.41) is 3.50. The van der Waals surface area contributed by atoms with Crippen LogP contribution in [0.2, 0.25) is 0 Å². The van der Waals surface area contributed by atoms with Crippen LogP contribution in [0.1, 0.15) is 6.92 Å². The number of likely N-dealkylation sites (N-methyl/N-ethyl adjacent to an activating group) is 1. The summed E-state index contributed by atoms with van der Waals surface area (Å²) >= 11 is 0. The maximum atomic E-state index is 5.59. The van der Waals surface area contributed by atoms with E-state index < -0.39 is 0 Å². The molecule has 2 rings (SSSR count). The molecule has 2 aliphatic rings. The maximum absolute atomic E-state index is 5.59. The van der Waals surface area contributed by atoms with Crippen molar-refractivity contribution >= 4 is 0 Å². The summed E-state index contributed by atoms with van der Waals surface area (Å²) in [6.07, 6.45) is 0.407. The monoisotopic (exact) mass is 258 g/mol. The minimum atomic E-state index is 0.204. The SMILES string of the molecule is CCNC1COCC1CN1CC(OC)C(OC)C1. The van der Waals surface area contributed by atoms with Crippen LogP contribution in [0.25, 0.3) is 0 Å². The molecule has 0 bridgehead atoms. The quantitative estimate of drug-likeness (QED) is 0.724. The number of methoxy groups -OCH3 is 2. The van der Waals surface area contributed by atoms with Gasteiger partial charge in [-0.3, -0.25) is 4.90 Å². The first-order valence-electron chi connectivity index (χ1n) is 6.87. The number of ether oxygens (including phenoxy) is 3. The van der Waals surface area contributed by atoms with Crippen molar-refractivity contribution in [3.05, 3.63) is 0 Å². The van der Waals surface area contributed by atoms with Crippen molar-refractivity contribution in [1.29, 1.82) is 0 Å². The molecular weight excluding hydrogens is 232 g/mol. The summed E-state index contributed by atoms with van der Waals surface area (Å²) in [6.45, 7) is 7.85. The Hall–Kier alpha value is -0.200. The zero-order valence-electron chi connectivity index (χ0n) is 11.7. The van der Waals surface area contributed by atoms with Gasteiger partial charge in [0.25, 0.3) is 0 Å². The third-order valence-corrected chi connectivity index (χ3v) is 4.05. The molecular formula is C13H26N2O3. The third kappa shape index (κ3) is 3.22. The molecule has 0 spiro atoms. The third-order valence-electron chi connectivity index (χ3n) is 4.05. The van der Waals surface area contributed by atoms with E-state index >= 15 is 0 Å². The van der Waals surface area contributed by atoms with Crippen LogP contribution in [-0.4, -0.2) is 76.8 Å². The van der Waals surface area contributed by atoms with Gasteiger partial charge in [-0.2, -0.15) is 0 Å². The fraction of sp³-hybridized carbons (Fsp3) is 1.00. The summed E-state index contributed by atoms with van der Waals surface area (Å²) in [6, 6.07) is 0.498. The molecule has 2 heterocycles. The van der Waals surface area contributed by atoms with Gasteiger partial charge in [-0.25, -0.2) is 0 Å². The van der Waals surface area contributed by atoms with Crippen molar-refractivity contribution in [3.8, 4) is 0 Å². The highest BCUT2D eigenvalue weighted by atomic mass is 16.5. The minimum absolute atomic E-state index is 0.204. The molecule has 0 amide bonds. The van der Waals surface area contributed by atoms with E-state index in [4.69, 9.17) is 14.2 Å². The van der Waals surface area contributed by atoms with Crippen molar-refractivity contribution in [1.82, 2.24) is 10.2 Å². The van der Waals surface area contributed by atoms with Crippen LogP contribution in [0.4, 0.5) is 0 Å². The lowest BCUT2D eigenvalue weighted by molar-refractivity contribution is -0.00461. The molecule has 5 heteroatoms.